The van der Waals surface area contributed by atoms with Gasteiger partial charge in [-0.1, -0.05) is 17.7 Å². The Labute approximate surface area is 220 Å². The zero-order chi connectivity index (χ0) is 25.2. The van der Waals surface area contributed by atoms with Crippen molar-refractivity contribution < 1.29 is 0 Å². The second kappa shape index (κ2) is 10.4. The number of benzene rings is 1. The first kappa shape index (κ1) is 23.7. The Morgan fingerprint density at radius 2 is 1.70 bits per heavy atom. The van der Waals surface area contributed by atoms with Crippen LogP contribution in [0.3, 0.4) is 0 Å². The molecule has 0 aliphatic carbocycles. The summed E-state index contributed by atoms with van der Waals surface area (Å²) in [4.78, 5) is 25.1. The Morgan fingerprint density at radius 1 is 0.919 bits per heavy atom. The molecule has 2 atom stereocenters. The molecule has 10 heteroatoms. The number of nitrogens with zero attached hydrogens (tertiary/aromatic N) is 6. The summed E-state index contributed by atoms with van der Waals surface area (Å²) in [7, 11) is 0. The average Bonchev–Trinajstić information content (AvgIpc) is 3.11. The minimum atomic E-state index is 0.482. The van der Waals surface area contributed by atoms with Crippen LogP contribution in [-0.2, 0) is 6.54 Å². The number of halogens is 1. The van der Waals surface area contributed by atoms with Crippen molar-refractivity contribution in [2.24, 2.45) is 0 Å². The van der Waals surface area contributed by atoms with Crippen LogP contribution in [0.2, 0.25) is 5.02 Å². The molecule has 0 radical (unpaired) electrons. The highest BCUT2D eigenvalue weighted by Crippen LogP contribution is 2.31. The van der Waals surface area contributed by atoms with E-state index in [2.05, 4.69) is 51.8 Å². The SMILES string of the molecule is Cc1cccc(-c2nccc(Nc3ccnc(Nc4ccc(Cl)c(CN5C6CCC5CNC6)c4)n3)n2)n1. The lowest BCUT2D eigenvalue weighted by Crippen LogP contribution is -2.51. The first-order valence-corrected chi connectivity index (χ1v) is 12.9. The minimum absolute atomic E-state index is 0.482. The third-order valence-electron chi connectivity index (χ3n) is 6.87. The van der Waals surface area contributed by atoms with Crippen molar-refractivity contribution in [3.8, 4) is 11.5 Å². The fourth-order valence-corrected chi connectivity index (χ4v) is 5.24. The topological polar surface area (TPSA) is 104 Å². The van der Waals surface area contributed by atoms with Gasteiger partial charge in [0.1, 0.15) is 17.3 Å². The molecule has 4 aromatic rings. The van der Waals surface area contributed by atoms with Gasteiger partial charge < -0.3 is 16.0 Å². The lowest BCUT2D eigenvalue weighted by Gasteiger charge is -2.35. The Hall–Kier alpha value is -3.66. The molecule has 188 valence electrons. The summed E-state index contributed by atoms with van der Waals surface area (Å²) < 4.78 is 0. The van der Waals surface area contributed by atoms with Gasteiger partial charge in [-0.25, -0.2) is 19.9 Å². The largest absolute Gasteiger partial charge is 0.325 e. The van der Waals surface area contributed by atoms with Gasteiger partial charge in [-0.15, -0.1) is 0 Å². The molecule has 2 unspecified atom stereocenters. The minimum Gasteiger partial charge on any atom is -0.325 e. The van der Waals surface area contributed by atoms with Crippen molar-refractivity contribution in [3.63, 3.8) is 0 Å². The molecular formula is C27H28ClN9. The third kappa shape index (κ3) is 5.39. The van der Waals surface area contributed by atoms with Crippen LogP contribution in [0.25, 0.3) is 11.5 Å². The van der Waals surface area contributed by atoms with E-state index in [9.17, 15) is 0 Å². The smallest absolute Gasteiger partial charge is 0.229 e. The fraction of sp³-hybridized carbons (Fsp3) is 0.296. The lowest BCUT2D eigenvalue weighted by atomic mass is 10.1. The monoisotopic (exact) mass is 513 g/mol. The van der Waals surface area contributed by atoms with Crippen molar-refractivity contribution >= 4 is 34.9 Å². The molecular weight excluding hydrogens is 486 g/mol. The first-order chi connectivity index (χ1) is 18.1. The molecule has 6 rings (SSSR count). The van der Waals surface area contributed by atoms with E-state index in [0.717, 1.165) is 47.3 Å². The predicted octanol–water partition coefficient (Wildman–Crippen LogP) is 4.71. The number of aryl methyl sites for hydroxylation is 1. The number of pyridine rings is 1. The highest BCUT2D eigenvalue weighted by atomic mass is 35.5. The molecule has 0 saturated carbocycles. The summed E-state index contributed by atoms with van der Waals surface area (Å²) in [5, 5.41) is 10.9. The first-order valence-electron chi connectivity index (χ1n) is 12.5. The van der Waals surface area contributed by atoms with E-state index < -0.39 is 0 Å². The van der Waals surface area contributed by atoms with E-state index in [1.54, 1.807) is 24.5 Å². The van der Waals surface area contributed by atoms with Gasteiger partial charge in [0.05, 0.1) is 0 Å². The standard InChI is InChI=1S/C27H28ClN9/c1-17-3-2-4-23(32-17)26-30-11-9-24(35-26)34-25-10-12-31-27(36-25)33-19-5-8-22(28)18(13-19)16-37-20-6-7-21(37)15-29-14-20/h2-5,8-13,20-21,29H,6-7,14-16H2,1H3,(H2,30,31,33,34,35,36). The van der Waals surface area contributed by atoms with E-state index >= 15 is 0 Å². The normalized spacial score (nSPS) is 19.1. The van der Waals surface area contributed by atoms with Crippen molar-refractivity contribution in [2.45, 2.75) is 38.4 Å². The van der Waals surface area contributed by atoms with Crippen LogP contribution in [0, 0.1) is 6.92 Å². The Morgan fingerprint density at radius 3 is 2.51 bits per heavy atom. The molecule has 2 aliphatic heterocycles. The Kier molecular flexibility index (Phi) is 6.65. The highest BCUT2D eigenvalue weighted by Gasteiger charge is 2.36. The zero-order valence-corrected chi connectivity index (χ0v) is 21.3. The molecule has 2 fully saturated rings. The number of fused-ring (bicyclic) bond motifs is 2. The molecule has 9 nitrogen and oxygen atoms in total. The molecule has 3 aromatic heterocycles. The molecule has 2 saturated heterocycles. The van der Waals surface area contributed by atoms with E-state index in [0.29, 0.717) is 35.5 Å². The second-order valence-corrected chi connectivity index (χ2v) is 9.87. The molecule has 1 aromatic carbocycles. The maximum atomic E-state index is 6.59. The third-order valence-corrected chi connectivity index (χ3v) is 7.24. The van der Waals surface area contributed by atoms with Crippen LogP contribution >= 0.6 is 11.6 Å². The van der Waals surface area contributed by atoms with Crippen LogP contribution in [0.4, 0.5) is 23.3 Å². The van der Waals surface area contributed by atoms with Gasteiger partial charge >= 0.3 is 0 Å². The van der Waals surface area contributed by atoms with Gasteiger partial charge in [-0.05, 0) is 67.8 Å². The van der Waals surface area contributed by atoms with E-state index in [1.165, 1.54) is 12.8 Å². The number of rotatable bonds is 7. The Balaban J connectivity index is 1.16. The van der Waals surface area contributed by atoms with Gasteiger partial charge in [0, 0.05) is 60.5 Å². The molecule has 0 amide bonds. The second-order valence-electron chi connectivity index (χ2n) is 9.47. The van der Waals surface area contributed by atoms with Crippen LogP contribution in [0.5, 0.6) is 0 Å². The van der Waals surface area contributed by atoms with Crippen LogP contribution in [0.1, 0.15) is 24.1 Å². The summed E-state index contributed by atoms with van der Waals surface area (Å²) in [6.07, 6.45) is 5.90. The lowest BCUT2D eigenvalue weighted by molar-refractivity contribution is 0.145. The fourth-order valence-electron chi connectivity index (χ4n) is 5.07. The van der Waals surface area contributed by atoms with Crippen LogP contribution in [-0.4, -0.2) is 55.0 Å². The van der Waals surface area contributed by atoms with Crippen molar-refractivity contribution in [3.05, 3.63) is 77.2 Å². The quantitative estimate of drug-likeness (QED) is 0.324. The van der Waals surface area contributed by atoms with Gasteiger partial charge in [0.25, 0.3) is 0 Å². The summed E-state index contributed by atoms with van der Waals surface area (Å²) in [5.74, 6) is 2.27. The van der Waals surface area contributed by atoms with Crippen LogP contribution < -0.4 is 16.0 Å². The zero-order valence-electron chi connectivity index (χ0n) is 20.5. The molecule has 2 bridgehead atoms. The van der Waals surface area contributed by atoms with Gasteiger partial charge in [0.2, 0.25) is 5.95 Å². The summed E-state index contributed by atoms with van der Waals surface area (Å²) in [6.45, 7) is 4.89. The van der Waals surface area contributed by atoms with Crippen LogP contribution in [0.15, 0.2) is 60.9 Å². The summed E-state index contributed by atoms with van der Waals surface area (Å²) in [6, 6.07) is 16.5. The number of piperazine rings is 1. The van der Waals surface area contributed by atoms with E-state index in [1.807, 2.05) is 37.3 Å². The molecule has 2 aliphatic rings. The number of nitrogens with one attached hydrogen (secondary N) is 3. The van der Waals surface area contributed by atoms with E-state index in [4.69, 9.17) is 11.6 Å². The molecule has 3 N–H and O–H groups in total. The predicted molar refractivity (Wildman–Crippen MR) is 145 cm³/mol. The van der Waals surface area contributed by atoms with Gasteiger partial charge in [-0.3, -0.25) is 4.90 Å². The van der Waals surface area contributed by atoms with Gasteiger partial charge in [0.15, 0.2) is 5.82 Å². The Bertz CT molecular complexity index is 1400. The summed E-state index contributed by atoms with van der Waals surface area (Å²) >= 11 is 6.59. The van der Waals surface area contributed by atoms with Crippen molar-refractivity contribution in [1.29, 1.82) is 0 Å². The van der Waals surface area contributed by atoms with Crippen molar-refractivity contribution in [2.75, 3.05) is 23.7 Å². The number of aromatic nitrogens is 5. The summed E-state index contributed by atoms with van der Waals surface area (Å²) in [5.41, 5.74) is 3.64. The maximum absolute atomic E-state index is 6.59. The molecule has 0 spiro atoms. The van der Waals surface area contributed by atoms with Gasteiger partial charge in [-0.2, -0.15) is 4.98 Å². The highest BCUT2D eigenvalue weighted by molar-refractivity contribution is 6.31. The average molecular weight is 514 g/mol. The molecule has 37 heavy (non-hydrogen) atoms. The number of hydrogen-bond donors (Lipinski definition) is 3. The molecule has 5 heterocycles. The number of anilines is 4. The maximum Gasteiger partial charge on any atom is 0.229 e. The van der Waals surface area contributed by atoms with E-state index in [-0.39, 0.29) is 0 Å². The number of hydrogen-bond acceptors (Lipinski definition) is 9. The van der Waals surface area contributed by atoms with Crippen molar-refractivity contribution in [1.82, 2.24) is 35.1 Å².